The highest BCUT2D eigenvalue weighted by Gasteiger charge is 2.47. The summed E-state index contributed by atoms with van der Waals surface area (Å²) in [5.74, 6) is -1.79. The molecule has 2 atom stereocenters. The molecule has 2 aromatic rings. The van der Waals surface area contributed by atoms with E-state index in [4.69, 9.17) is 4.74 Å². The molecule has 1 fully saturated rings. The van der Waals surface area contributed by atoms with Gasteiger partial charge >= 0.3 is 12.1 Å². The summed E-state index contributed by atoms with van der Waals surface area (Å²) in [5, 5.41) is 14.9. The summed E-state index contributed by atoms with van der Waals surface area (Å²) in [6, 6.07) is 15.3. The van der Waals surface area contributed by atoms with Crippen molar-refractivity contribution in [1.82, 2.24) is 10.6 Å². The third-order valence-corrected chi connectivity index (χ3v) is 7.09. The van der Waals surface area contributed by atoms with Crippen LogP contribution in [0.4, 0.5) is 4.79 Å². The molecule has 0 heterocycles. The Morgan fingerprint density at radius 2 is 1.64 bits per heavy atom. The highest BCUT2D eigenvalue weighted by Crippen LogP contribution is 2.44. The van der Waals surface area contributed by atoms with Crippen LogP contribution < -0.4 is 10.6 Å². The van der Waals surface area contributed by atoms with E-state index >= 15 is 0 Å². The van der Waals surface area contributed by atoms with Gasteiger partial charge in [0.15, 0.2) is 0 Å². The van der Waals surface area contributed by atoms with E-state index in [1.165, 1.54) is 0 Å². The zero-order valence-electron chi connectivity index (χ0n) is 19.0. The summed E-state index contributed by atoms with van der Waals surface area (Å²) in [7, 11) is 0. The molecule has 7 nitrogen and oxygen atoms in total. The maximum Gasteiger partial charge on any atom is 0.407 e. The van der Waals surface area contributed by atoms with Crippen molar-refractivity contribution in [2.75, 3.05) is 6.61 Å². The number of fused-ring (bicyclic) bond motifs is 3. The van der Waals surface area contributed by atoms with Gasteiger partial charge in [0, 0.05) is 5.92 Å². The first-order valence-corrected chi connectivity index (χ1v) is 11.5. The molecular weight excluding hydrogens is 420 g/mol. The van der Waals surface area contributed by atoms with Crippen LogP contribution in [0.25, 0.3) is 11.1 Å². The Balaban J connectivity index is 1.43. The Morgan fingerprint density at radius 3 is 2.12 bits per heavy atom. The van der Waals surface area contributed by atoms with Crippen LogP contribution in [0.5, 0.6) is 0 Å². The molecule has 0 saturated heterocycles. The van der Waals surface area contributed by atoms with Crippen LogP contribution in [0.2, 0.25) is 0 Å². The quantitative estimate of drug-likeness (QED) is 0.563. The highest BCUT2D eigenvalue weighted by atomic mass is 16.5. The first-order chi connectivity index (χ1) is 15.9. The number of amides is 2. The zero-order chi connectivity index (χ0) is 23.6. The number of aliphatic carboxylic acids is 1. The molecule has 0 spiro atoms. The van der Waals surface area contributed by atoms with Gasteiger partial charge in [-0.05, 0) is 47.4 Å². The van der Waals surface area contributed by atoms with Crippen LogP contribution in [-0.4, -0.2) is 41.3 Å². The molecule has 1 saturated carbocycles. The molecule has 2 amide bonds. The Morgan fingerprint density at radius 1 is 1.06 bits per heavy atom. The third-order valence-electron chi connectivity index (χ3n) is 7.09. The number of ether oxygens (including phenoxy) is 1. The van der Waals surface area contributed by atoms with Crippen molar-refractivity contribution in [3.8, 4) is 11.1 Å². The number of carbonyl (C=O) groups is 3. The van der Waals surface area contributed by atoms with Crippen molar-refractivity contribution >= 4 is 18.0 Å². The minimum absolute atomic E-state index is 0.0794. The molecular formula is C26H30N2O5. The van der Waals surface area contributed by atoms with Gasteiger partial charge in [-0.3, -0.25) is 4.79 Å². The summed E-state index contributed by atoms with van der Waals surface area (Å²) in [5.41, 5.74) is 3.26. The van der Waals surface area contributed by atoms with Crippen LogP contribution in [0.15, 0.2) is 48.5 Å². The number of rotatable bonds is 8. The summed E-state index contributed by atoms with van der Waals surface area (Å²) in [6.45, 7) is 3.91. The fraction of sp³-hybridized carbons (Fsp3) is 0.423. The van der Waals surface area contributed by atoms with Gasteiger partial charge in [0.05, 0.1) is 0 Å². The SMILES string of the molecule is CCC(C)[C@H](NC(=O)OCC1c2ccccc2-c2ccccc21)C(=O)NC1(C(=O)O)CCC1. The highest BCUT2D eigenvalue weighted by molar-refractivity contribution is 5.92. The number of carboxylic acid groups (broad SMARTS) is 1. The molecule has 0 aliphatic heterocycles. The van der Waals surface area contributed by atoms with Crippen LogP contribution >= 0.6 is 0 Å². The molecule has 2 aliphatic carbocycles. The van der Waals surface area contributed by atoms with Gasteiger partial charge in [0.2, 0.25) is 5.91 Å². The summed E-state index contributed by atoms with van der Waals surface area (Å²) in [4.78, 5) is 37.3. The smallest absolute Gasteiger partial charge is 0.407 e. The topological polar surface area (TPSA) is 105 Å². The molecule has 2 aliphatic rings. The summed E-state index contributed by atoms with van der Waals surface area (Å²) in [6.07, 6.45) is 1.50. The lowest BCUT2D eigenvalue weighted by Gasteiger charge is -2.39. The van der Waals surface area contributed by atoms with Crippen molar-refractivity contribution in [2.45, 2.75) is 57.0 Å². The van der Waals surface area contributed by atoms with Gasteiger partial charge in [-0.1, -0.05) is 68.8 Å². The number of hydrogen-bond acceptors (Lipinski definition) is 4. The van der Waals surface area contributed by atoms with E-state index in [1.807, 2.05) is 50.2 Å². The van der Waals surface area contributed by atoms with E-state index in [0.29, 0.717) is 19.3 Å². The standard InChI is InChI=1S/C26H30N2O5/c1-3-16(2)22(23(29)28-26(24(30)31)13-8-14-26)27-25(32)33-15-21-19-11-6-4-9-17(19)18-10-5-7-12-20(18)21/h4-7,9-12,16,21-22H,3,8,13-15H2,1-2H3,(H,27,32)(H,28,29)(H,30,31)/t16?,22-/m0/s1. The first kappa shape index (κ1) is 22.8. The Bertz CT molecular complexity index is 1020. The molecule has 0 bridgehead atoms. The Hall–Kier alpha value is -3.35. The van der Waals surface area contributed by atoms with E-state index in [2.05, 4.69) is 22.8 Å². The predicted molar refractivity (Wildman–Crippen MR) is 124 cm³/mol. The van der Waals surface area contributed by atoms with E-state index in [0.717, 1.165) is 28.7 Å². The van der Waals surface area contributed by atoms with E-state index in [9.17, 15) is 19.5 Å². The van der Waals surface area contributed by atoms with Gasteiger partial charge < -0.3 is 20.5 Å². The summed E-state index contributed by atoms with van der Waals surface area (Å²) >= 11 is 0. The monoisotopic (exact) mass is 450 g/mol. The molecule has 33 heavy (non-hydrogen) atoms. The lowest BCUT2D eigenvalue weighted by atomic mass is 9.76. The average Bonchev–Trinajstić information content (AvgIpc) is 3.11. The predicted octanol–water partition coefficient (Wildman–Crippen LogP) is 4.06. The number of hydrogen-bond donors (Lipinski definition) is 3. The lowest BCUT2D eigenvalue weighted by Crippen LogP contribution is -2.63. The molecule has 7 heteroatoms. The van der Waals surface area contributed by atoms with Gasteiger partial charge in [-0.25, -0.2) is 9.59 Å². The second-order valence-electron chi connectivity index (χ2n) is 9.06. The fourth-order valence-corrected chi connectivity index (χ4v) is 4.71. The van der Waals surface area contributed by atoms with Gasteiger partial charge in [0.1, 0.15) is 18.2 Å². The van der Waals surface area contributed by atoms with Crippen LogP contribution in [0.1, 0.15) is 56.6 Å². The number of alkyl carbamates (subject to hydrolysis) is 1. The van der Waals surface area contributed by atoms with Gasteiger partial charge in [-0.15, -0.1) is 0 Å². The lowest BCUT2D eigenvalue weighted by molar-refractivity contribution is -0.152. The second-order valence-corrected chi connectivity index (χ2v) is 9.06. The number of carbonyl (C=O) groups excluding carboxylic acids is 2. The molecule has 1 unspecified atom stereocenters. The largest absolute Gasteiger partial charge is 0.480 e. The average molecular weight is 451 g/mol. The van der Waals surface area contributed by atoms with Gasteiger partial charge in [-0.2, -0.15) is 0 Å². The maximum atomic E-state index is 12.9. The third kappa shape index (κ3) is 4.32. The van der Waals surface area contributed by atoms with Gasteiger partial charge in [0.25, 0.3) is 0 Å². The first-order valence-electron chi connectivity index (χ1n) is 11.5. The van der Waals surface area contributed by atoms with Crippen molar-refractivity contribution in [3.05, 3.63) is 59.7 Å². The van der Waals surface area contributed by atoms with Crippen LogP contribution in [-0.2, 0) is 14.3 Å². The zero-order valence-corrected chi connectivity index (χ0v) is 19.0. The van der Waals surface area contributed by atoms with E-state index in [1.54, 1.807) is 0 Å². The van der Waals surface area contributed by atoms with E-state index < -0.39 is 29.6 Å². The Labute approximate surface area is 193 Å². The molecule has 3 N–H and O–H groups in total. The van der Waals surface area contributed by atoms with Crippen LogP contribution in [0.3, 0.4) is 0 Å². The molecule has 2 aromatic carbocycles. The maximum absolute atomic E-state index is 12.9. The van der Waals surface area contributed by atoms with Crippen molar-refractivity contribution in [3.63, 3.8) is 0 Å². The summed E-state index contributed by atoms with van der Waals surface area (Å²) < 4.78 is 5.59. The Kier molecular flexibility index (Phi) is 6.40. The fourth-order valence-electron chi connectivity index (χ4n) is 4.71. The number of benzene rings is 2. The molecule has 0 radical (unpaired) electrons. The minimum Gasteiger partial charge on any atom is -0.480 e. The minimum atomic E-state index is -1.23. The molecule has 4 rings (SSSR count). The van der Waals surface area contributed by atoms with Crippen molar-refractivity contribution in [2.24, 2.45) is 5.92 Å². The van der Waals surface area contributed by atoms with E-state index in [-0.39, 0.29) is 18.4 Å². The number of carboxylic acids is 1. The van der Waals surface area contributed by atoms with Crippen molar-refractivity contribution in [1.29, 1.82) is 0 Å². The van der Waals surface area contributed by atoms with Crippen molar-refractivity contribution < 1.29 is 24.2 Å². The molecule has 174 valence electrons. The normalized spacial score (nSPS) is 17.6. The van der Waals surface area contributed by atoms with Crippen LogP contribution in [0, 0.1) is 5.92 Å². The molecule has 0 aromatic heterocycles. The number of nitrogens with one attached hydrogen (secondary N) is 2. The second kappa shape index (κ2) is 9.25.